The third-order valence-corrected chi connectivity index (χ3v) is 3.22. The van der Waals surface area contributed by atoms with E-state index in [2.05, 4.69) is 20.1 Å². The molecule has 1 saturated heterocycles. The van der Waals surface area contributed by atoms with Gasteiger partial charge in [-0.05, 0) is 19.1 Å². The summed E-state index contributed by atoms with van der Waals surface area (Å²) >= 11 is 0. The van der Waals surface area contributed by atoms with Crippen LogP contribution >= 0.6 is 0 Å². The number of nitrogens with one attached hydrogen (secondary N) is 1. The molecule has 98 valence electrons. The highest BCUT2D eigenvalue weighted by Crippen LogP contribution is 2.13. The summed E-state index contributed by atoms with van der Waals surface area (Å²) in [5.74, 6) is 1.12. The van der Waals surface area contributed by atoms with Crippen molar-refractivity contribution in [1.29, 1.82) is 0 Å². The number of amides is 1. The predicted octanol–water partition coefficient (Wildman–Crippen LogP) is 0.258. The molecule has 0 radical (unpaired) electrons. The molecule has 1 aromatic rings. The number of aromatic nitrogens is 1. The Labute approximate surface area is 108 Å². The van der Waals surface area contributed by atoms with Crippen molar-refractivity contribution in [1.82, 2.24) is 15.2 Å². The summed E-state index contributed by atoms with van der Waals surface area (Å²) in [5.41, 5.74) is 1.04. The molecular weight excluding hydrogens is 228 g/mol. The molecule has 5 heteroatoms. The normalized spacial score (nSPS) is 16.7. The third kappa shape index (κ3) is 3.20. The lowest BCUT2D eigenvalue weighted by molar-refractivity contribution is -0.121. The molecular formula is C13H20N4O. The summed E-state index contributed by atoms with van der Waals surface area (Å²) in [7, 11) is 1.68. The monoisotopic (exact) mass is 248 g/mol. The van der Waals surface area contributed by atoms with Gasteiger partial charge in [-0.2, -0.15) is 0 Å². The maximum absolute atomic E-state index is 11.3. The van der Waals surface area contributed by atoms with Crippen molar-refractivity contribution in [3.05, 3.63) is 23.9 Å². The number of pyridine rings is 1. The lowest BCUT2D eigenvalue weighted by atomic mass is 10.3. The van der Waals surface area contributed by atoms with E-state index in [1.165, 1.54) is 0 Å². The van der Waals surface area contributed by atoms with Crippen molar-refractivity contribution < 1.29 is 4.79 Å². The van der Waals surface area contributed by atoms with Gasteiger partial charge in [0.05, 0.1) is 6.54 Å². The summed E-state index contributed by atoms with van der Waals surface area (Å²) in [4.78, 5) is 20.3. The number of carbonyl (C=O) groups is 1. The molecule has 2 rings (SSSR count). The second-order valence-corrected chi connectivity index (χ2v) is 4.57. The maximum atomic E-state index is 11.3. The second-order valence-electron chi connectivity index (χ2n) is 4.57. The zero-order valence-corrected chi connectivity index (χ0v) is 11.0. The SMILES string of the molecule is CNC(=O)CN1CCN(c2cccc(C)n2)CC1. The average molecular weight is 248 g/mol. The standard InChI is InChI=1S/C13H20N4O/c1-11-4-3-5-12(15-11)17-8-6-16(7-9-17)10-13(18)14-2/h3-5H,6-10H2,1-2H3,(H,14,18). The Morgan fingerprint density at radius 2 is 2.06 bits per heavy atom. The molecule has 5 nitrogen and oxygen atoms in total. The zero-order valence-electron chi connectivity index (χ0n) is 11.0. The molecule has 0 bridgehead atoms. The first-order valence-corrected chi connectivity index (χ1v) is 6.30. The molecule has 0 saturated carbocycles. The van der Waals surface area contributed by atoms with Crippen LogP contribution in [0.5, 0.6) is 0 Å². The van der Waals surface area contributed by atoms with Crippen LogP contribution in [-0.2, 0) is 4.79 Å². The van der Waals surface area contributed by atoms with Crippen molar-refractivity contribution in [2.24, 2.45) is 0 Å². The lowest BCUT2D eigenvalue weighted by Crippen LogP contribution is -2.49. The van der Waals surface area contributed by atoms with E-state index < -0.39 is 0 Å². The lowest BCUT2D eigenvalue weighted by Gasteiger charge is -2.35. The van der Waals surface area contributed by atoms with E-state index in [0.29, 0.717) is 6.54 Å². The van der Waals surface area contributed by atoms with Gasteiger partial charge in [0.15, 0.2) is 0 Å². The number of hydrogen-bond donors (Lipinski definition) is 1. The molecule has 0 aliphatic carbocycles. The fourth-order valence-corrected chi connectivity index (χ4v) is 2.12. The van der Waals surface area contributed by atoms with Gasteiger partial charge in [-0.25, -0.2) is 4.98 Å². The molecule has 1 aliphatic rings. The van der Waals surface area contributed by atoms with Gasteiger partial charge in [0.2, 0.25) is 5.91 Å². The topological polar surface area (TPSA) is 48.5 Å². The fraction of sp³-hybridized carbons (Fsp3) is 0.538. The van der Waals surface area contributed by atoms with Crippen molar-refractivity contribution in [3.8, 4) is 0 Å². The van der Waals surface area contributed by atoms with E-state index in [-0.39, 0.29) is 5.91 Å². The first kappa shape index (κ1) is 12.8. The second kappa shape index (κ2) is 5.82. The minimum absolute atomic E-state index is 0.0807. The van der Waals surface area contributed by atoms with Gasteiger partial charge < -0.3 is 10.2 Å². The number of piperazine rings is 1. The number of rotatable bonds is 3. The van der Waals surface area contributed by atoms with Gasteiger partial charge >= 0.3 is 0 Å². The van der Waals surface area contributed by atoms with E-state index in [9.17, 15) is 4.79 Å². The van der Waals surface area contributed by atoms with Crippen LogP contribution in [0.1, 0.15) is 5.69 Å². The van der Waals surface area contributed by atoms with Crippen LogP contribution in [0.2, 0.25) is 0 Å². The molecule has 0 unspecified atom stereocenters. The van der Waals surface area contributed by atoms with Crippen LogP contribution in [0.25, 0.3) is 0 Å². The van der Waals surface area contributed by atoms with Gasteiger partial charge in [-0.1, -0.05) is 6.07 Å². The highest BCUT2D eigenvalue weighted by atomic mass is 16.1. The summed E-state index contributed by atoms with van der Waals surface area (Å²) in [6, 6.07) is 6.08. The minimum Gasteiger partial charge on any atom is -0.358 e. The van der Waals surface area contributed by atoms with Gasteiger partial charge in [-0.3, -0.25) is 9.69 Å². The third-order valence-electron chi connectivity index (χ3n) is 3.22. The molecule has 2 heterocycles. The Kier molecular flexibility index (Phi) is 4.15. The Balaban J connectivity index is 1.88. The Hall–Kier alpha value is -1.62. The molecule has 0 atom stereocenters. The highest BCUT2D eigenvalue weighted by molar-refractivity contribution is 5.77. The van der Waals surface area contributed by atoms with Gasteiger partial charge in [-0.15, -0.1) is 0 Å². The highest BCUT2D eigenvalue weighted by Gasteiger charge is 2.19. The number of carbonyl (C=O) groups excluding carboxylic acids is 1. The Bertz CT molecular complexity index is 413. The van der Waals surface area contributed by atoms with Crippen LogP contribution in [-0.4, -0.2) is 55.6 Å². The first-order chi connectivity index (χ1) is 8.69. The molecule has 1 N–H and O–H groups in total. The van der Waals surface area contributed by atoms with Crippen LogP contribution in [0.15, 0.2) is 18.2 Å². The predicted molar refractivity (Wildman–Crippen MR) is 71.7 cm³/mol. The molecule has 18 heavy (non-hydrogen) atoms. The molecule has 0 aromatic carbocycles. The largest absolute Gasteiger partial charge is 0.358 e. The quantitative estimate of drug-likeness (QED) is 0.833. The van der Waals surface area contributed by atoms with E-state index in [1.807, 2.05) is 25.1 Å². The van der Waals surface area contributed by atoms with Crippen LogP contribution in [0, 0.1) is 6.92 Å². The van der Waals surface area contributed by atoms with Crippen molar-refractivity contribution in [3.63, 3.8) is 0 Å². The zero-order chi connectivity index (χ0) is 13.0. The smallest absolute Gasteiger partial charge is 0.233 e. The van der Waals surface area contributed by atoms with Gasteiger partial charge in [0, 0.05) is 38.9 Å². The van der Waals surface area contributed by atoms with E-state index in [1.54, 1.807) is 7.05 Å². The van der Waals surface area contributed by atoms with E-state index in [4.69, 9.17) is 0 Å². The Morgan fingerprint density at radius 1 is 1.33 bits per heavy atom. The fourth-order valence-electron chi connectivity index (χ4n) is 2.12. The molecule has 1 aliphatic heterocycles. The summed E-state index contributed by atoms with van der Waals surface area (Å²) < 4.78 is 0. The number of anilines is 1. The number of hydrogen-bond acceptors (Lipinski definition) is 4. The molecule has 0 spiro atoms. The van der Waals surface area contributed by atoms with Crippen molar-refractivity contribution >= 4 is 11.7 Å². The van der Waals surface area contributed by atoms with Crippen LogP contribution in [0.4, 0.5) is 5.82 Å². The molecule has 1 fully saturated rings. The number of nitrogens with zero attached hydrogens (tertiary/aromatic N) is 3. The van der Waals surface area contributed by atoms with E-state index in [0.717, 1.165) is 37.7 Å². The average Bonchev–Trinajstić information content (AvgIpc) is 2.39. The van der Waals surface area contributed by atoms with Gasteiger partial charge in [0.1, 0.15) is 5.82 Å². The van der Waals surface area contributed by atoms with Crippen LogP contribution in [0.3, 0.4) is 0 Å². The van der Waals surface area contributed by atoms with Crippen molar-refractivity contribution in [2.75, 3.05) is 44.7 Å². The summed E-state index contributed by atoms with van der Waals surface area (Å²) in [6.45, 7) is 6.16. The number of likely N-dealkylation sites (N-methyl/N-ethyl adjacent to an activating group) is 1. The summed E-state index contributed by atoms with van der Waals surface area (Å²) in [5, 5.41) is 2.66. The van der Waals surface area contributed by atoms with E-state index >= 15 is 0 Å². The molecule has 1 amide bonds. The number of aryl methyl sites for hydroxylation is 1. The van der Waals surface area contributed by atoms with Crippen molar-refractivity contribution in [2.45, 2.75) is 6.92 Å². The maximum Gasteiger partial charge on any atom is 0.233 e. The first-order valence-electron chi connectivity index (χ1n) is 6.30. The van der Waals surface area contributed by atoms with Gasteiger partial charge in [0.25, 0.3) is 0 Å². The Morgan fingerprint density at radius 3 is 2.67 bits per heavy atom. The molecule has 1 aromatic heterocycles. The minimum atomic E-state index is 0.0807. The van der Waals surface area contributed by atoms with Crippen LogP contribution < -0.4 is 10.2 Å². The summed E-state index contributed by atoms with van der Waals surface area (Å²) in [6.07, 6.45) is 0.